The first kappa shape index (κ1) is 17.2. The summed E-state index contributed by atoms with van der Waals surface area (Å²) in [5.74, 6) is 0.890. The fraction of sp³-hybridized carbons (Fsp3) is 0.350. The molecule has 0 unspecified atom stereocenters. The van der Waals surface area contributed by atoms with Gasteiger partial charge in [-0.15, -0.1) is 0 Å². The molecule has 1 fully saturated rings. The van der Waals surface area contributed by atoms with Crippen molar-refractivity contribution in [2.24, 2.45) is 0 Å². The first-order valence-corrected chi connectivity index (χ1v) is 10.2. The van der Waals surface area contributed by atoms with Crippen molar-refractivity contribution in [2.45, 2.75) is 19.4 Å². The molecule has 2 aliphatic rings. The molecule has 0 saturated carbocycles. The average molecular weight is 369 g/mol. The minimum Gasteiger partial charge on any atom is -0.471 e. The number of likely N-dealkylation sites (tertiary alicyclic amines) is 1. The second kappa shape index (κ2) is 7.60. The Kier molecular flexibility index (Phi) is 5.04. The van der Waals surface area contributed by atoms with Crippen molar-refractivity contribution in [3.63, 3.8) is 0 Å². The lowest BCUT2D eigenvalue weighted by Gasteiger charge is -2.18. The lowest BCUT2D eigenvalue weighted by molar-refractivity contribution is 0.0792. The number of nitrogens with zero attached hydrogens (tertiary/aromatic N) is 2. The fourth-order valence-corrected chi connectivity index (χ4v) is 3.77. The predicted octanol–water partition coefficient (Wildman–Crippen LogP) is 3.78. The Morgan fingerprint density at radius 2 is 1.92 bits per heavy atom. The minimum atomic E-state index is 0.109. The molecule has 0 radical (unpaired) electrons. The molecule has 26 heavy (non-hydrogen) atoms. The normalized spacial score (nSPS) is 15.9. The summed E-state index contributed by atoms with van der Waals surface area (Å²) in [5, 5.41) is 0. The number of fused-ring (bicyclic) bond motifs is 1. The highest BCUT2D eigenvalue weighted by molar-refractivity contribution is 7.96. The Labute approximate surface area is 158 Å². The smallest absolute Gasteiger partial charge is 0.253 e. The van der Waals surface area contributed by atoms with Gasteiger partial charge in [0.2, 0.25) is 0 Å². The van der Waals surface area contributed by atoms with Crippen LogP contribution in [0.15, 0.2) is 42.5 Å². The maximum Gasteiger partial charge on any atom is 0.253 e. The summed E-state index contributed by atoms with van der Waals surface area (Å²) in [6.07, 6.45) is 4.22. The van der Waals surface area contributed by atoms with Gasteiger partial charge in [0.15, 0.2) is 6.73 Å². The Morgan fingerprint density at radius 1 is 1.15 bits per heavy atom. The van der Waals surface area contributed by atoms with Crippen LogP contribution in [-0.2, 0) is 6.54 Å². The van der Waals surface area contributed by atoms with Crippen molar-refractivity contribution in [2.75, 3.05) is 31.0 Å². The van der Waals surface area contributed by atoms with Crippen LogP contribution in [0.25, 0.3) is 0 Å². The van der Waals surface area contributed by atoms with E-state index in [4.69, 9.17) is 4.74 Å². The van der Waals surface area contributed by atoms with E-state index in [9.17, 15) is 4.79 Å². The molecule has 0 atom stereocenters. The van der Waals surface area contributed by atoms with Crippen molar-refractivity contribution in [3.8, 4) is 5.75 Å². The van der Waals surface area contributed by atoms with Gasteiger partial charge in [0.05, 0.1) is 5.69 Å². The Hall–Kier alpha value is -2.18. The molecule has 0 aliphatic carbocycles. The van der Waals surface area contributed by atoms with Crippen LogP contribution >= 0.6 is 11.9 Å². The number of ether oxygens (including phenoxy) is 1. The van der Waals surface area contributed by atoms with Crippen molar-refractivity contribution in [1.82, 2.24) is 9.62 Å². The molecule has 4 rings (SSSR count). The number of rotatable bonds is 5. The zero-order chi connectivity index (χ0) is 17.9. The topological polar surface area (TPSA) is 44.8 Å². The van der Waals surface area contributed by atoms with Gasteiger partial charge in [-0.25, -0.2) is 0 Å². The first-order valence-electron chi connectivity index (χ1n) is 8.95. The zero-order valence-corrected chi connectivity index (χ0v) is 15.7. The summed E-state index contributed by atoms with van der Waals surface area (Å²) in [6.45, 7) is 3.04. The van der Waals surface area contributed by atoms with Crippen molar-refractivity contribution >= 4 is 29.2 Å². The van der Waals surface area contributed by atoms with Crippen LogP contribution in [-0.4, -0.2) is 36.9 Å². The van der Waals surface area contributed by atoms with E-state index >= 15 is 0 Å². The standard InChI is InChI=1S/C20H23N3O2S/c1-26-21-13-15-4-7-17(8-5-15)23-14-25-19-12-16(6-9-18(19)23)20(24)22-10-2-3-11-22/h4-9,12,21H,2-3,10-11,13-14H2,1H3. The molecule has 2 heterocycles. The summed E-state index contributed by atoms with van der Waals surface area (Å²) >= 11 is 1.62. The molecule has 2 aliphatic heterocycles. The highest BCUT2D eigenvalue weighted by Crippen LogP contribution is 2.39. The number of carbonyl (C=O) groups is 1. The van der Waals surface area contributed by atoms with E-state index < -0.39 is 0 Å². The largest absolute Gasteiger partial charge is 0.471 e. The average Bonchev–Trinajstić information content (AvgIpc) is 3.35. The maximum absolute atomic E-state index is 12.6. The third kappa shape index (κ3) is 3.39. The van der Waals surface area contributed by atoms with E-state index in [1.807, 2.05) is 29.4 Å². The molecule has 6 heteroatoms. The number of carbonyl (C=O) groups excluding carboxylic acids is 1. The number of anilines is 2. The summed E-state index contributed by atoms with van der Waals surface area (Å²) < 4.78 is 9.11. The molecule has 1 N–H and O–H groups in total. The Bertz CT molecular complexity index is 788. The molecule has 136 valence electrons. The van der Waals surface area contributed by atoms with Gasteiger partial charge in [-0.1, -0.05) is 24.1 Å². The van der Waals surface area contributed by atoms with Crippen LogP contribution in [0, 0.1) is 0 Å². The van der Waals surface area contributed by atoms with E-state index in [2.05, 4.69) is 33.9 Å². The third-order valence-corrected chi connectivity index (χ3v) is 5.34. The van der Waals surface area contributed by atoms with E-state index in [0.717, 1.165) is 49.6 Å². The maximum atomic E-state index is 12.6. The van der Waals surface area contributed by atoms with Crippen molar-refractivity contribution < 1.29 is 9.53 Å². The first-order chi connectivity index (χ1) is 12.8. The van der Waals surface area contributed by atoms with Crippen molar-refractivity contribution in [3.05, 3.63) is 53.6 Å². The van der Waals surface area contributed by atoms with Gasteiger partial charge in [-0.2, -0.15) is 0 Å². The van der Waals surface area contributed by atoms with Gasteiger partial charge in [0.1, 0.15) is 5.75 Å². The lowest BCUT2D eigenvalue weighted by atomic mass is 10.1. The molecule has 1 saturated heterocycles. The van der Waals surface area contributed by atoms with Crippen LogP contribution < -0.4 is 14.4 Å². The van der Waals surface area contributed by atoms with E-state index in [1.54, 1.807) is 11.9 Å². The number of benzene rings is 2. The molecule has 2 aromatic rings. The number of hydrogen-bond donors (Lipinski definition) is 1. The SMILES string of the molecule is CSNCc1ccc(N2COc3cc(C(=O)N4CCCC4)ccc32)cc1. The summed E-state index contributed by atoms with van der Waals surface area (Å²) in [5.41, 5.74) is 4.06. The highest BCUT2D eigenvalue weighted by atomic mass is 32.2. The molecule has 2 aromatic carbocycles. The van der Waals surface area contributed by atoms with Crippen LogP contribution in [0.5, 0.6) is 5.75 Å². The molecular formula is C20H23N3O2S. The molecule has 5 nitrogen and oxygen atoms in total. The van der Waals surface area contributed by atoms with Crippen LogP contribution in [0.1, 0.15) is 28.8 Å². The quantitative estimate of drug-likeness (QED) is 0.813. The molecule has 0 aromatic heterocycles. The Balaban J connectivity index is 1.51. The summed E-state index contributed by atoms with van der Waals surface area (Å²) in [7, 11) is 0. The summed E-state index contributed by atoms with van der Waals surface area (Å²) in [6, 6.07) is 14.3. The van der Waals surface area contributed by atoms with Crippen LogP contribution in [0.4, 0.5) is 11.4 Å². The monoisotopic (exact) mass is 369 g/mol. The molecular weight excluding hydrogens is 346 g/mol. The van der Waals surface area contributed by atoms with Crippen LogP contribution in [0.3, 0.4) is 0 Å². The van der Waals surface area contributed by atoms with E-state index in [0.29, 0.717) is 12.3 Å². The molecule has 1 amide bonds. The van der Waals surface area contributed by atoms with Gasteiger partial charge in [-0.05, 0) is 55.0 Å². The highest BCUT2D eigenvalue weighted by Gasteiger charge is 2.25. The third-order valence-electron chi connectivity index (χ3n) is 4.91. The fourth-order valence-electron chi connectivity index (χ4n) is 3.46. The predicted molar refractivity (Wildman–Crippen MR) is 106 cm³/mol. The number of nitrogens with one attached hydrogen (secondary N) is 1. The zero-order valence-electron chi connectivity index (χ0n) is 14.9. The number of amides is 1. The molecule has 0 bridgehead atoms. The Morgan fingerprint density at radius 3 is 2.65 bits per heavy atom. The second-order valence-electron chi connectivity index (χ2n) is 6.57. The number of hydrogen-bond acceptors (Lipinski definition) is 5. The van der Waals surface area contributed by atoms with Gasteiger partial charge in [0, 0.05) is 30.9 Å². The lowest BCUT2D eigenvalue weighted by Crippen LogP contribution is -2.27. The van der Waals surface area contributed by atoms with Gasteiger partial charge in [0.25, 0.3) is 5.91 Å². The van der Waals surface area contributed by atoms with Gasteiger partial charge < -0.3 is 14.5 Å². The van der Waals surface area contributed by atoms with Gasteiger partial charge in [-0.3, -0.25) is 9.52 Å². The molecule has 0 spiro atoms. The second-order valence-corrected chi connectivity index (χ2v) is 7.27. The summed E-state index contributed by atoms with van der Waals surface area (Å²) in [4.78, 5) is 16.6. The van der Waals surface area contributed by atoms with E-state index in [1.165, 1.54) is 5.56 Å². The van der Waals surface area contributed by atoms with Gasteiger partial charge >= 0.3 is 0 Å². The minimum absolute atomic E-state index is 0.109. The van der Waals surface area contributed by atoms with Crippen LogP contribution in [0.2, 0.25) is 0 Å². The van der Waals surface area contributed by atoms with Crippen molar-refractivity contribution in [1.29, 1.82) is 0 Å². The van der Waals surface area contributed by atoms with E-state index in [-0.39, 0.29) is 5.91 Å².